The summed E-state index contributed by atoms with van der Waals surface area (Å²) in [6, 6.07) is 8.11. The zero-order valence-electron chi connectivity index (χ0n) is 9.00. The van der Waals surface area contributed by atoms with Gasteiger partial charge in [-0.15, -0.1) is 5.10 Å². The molecule has 0 radical (unpaired) electrons. The van der Waals surface area contributed by atoms with Crippen LogP contribution < -0.4 is 11.3 Å². The first-order chi connectivity index (χ1) is 8.63. The van der Waals surface area contributed by atoms with Crippen molar-refractivity contribution in [3.63, 3.8) is 0 Å². The van der Waals surface area contributed by atoms with Crippen LogP contribution in [0.1, 0.15) is 0 Å². The highest BCUT2D eigenvalue weighted by Gasteiger charge is 2.11. The summed E-state index contributed by atoms with van der Waals surface area (Å²) >= 11 is 5.79. The normalized spacial score (nSPS) is 10.9. The Morgan fingerprint density at radius 1 is 1.28 bits per heavy atom. The Bertz CT molecular complexity index is 776. The molecule has 2 N–H and O–H groups in total. The zero-order chi connectivity index (χ0) is 12.7. The van der Waals surface area contributed by atoms with Crippen molar-refractivity contribution in [2.75, 3.05) is 5.73 Å². The molecule has 0 amide bonds. The molecule has 0 saturated carbocycles. The Kier molecular flexibility index (Phi) is 2.31. The summed E-state index contributed by atoms with van der Waals surface area (Å²) in [6.07, 6.45) is 0. The van der Waals surface area contributed by atoms with Gasteiger partial charge in [0.15, 0.2) is 0 Å². The average Bonchev–Trinajstić information content (AvgIpc) is 2.74. The second-order valence-corrected chi connectivity index (χ2v) is 4.06. The molecule has 0 fully saturated rings. The molecule has 0 bridgehead atoms. The molecule has 0 aliphatic heterocycles. The van der Waals surface area contributed by atoms with Gasteiger partial charge in [0.25, 0.3) is 5.56 Å². The van der Waals surface area contributed by atoms with E-state index in [0.717, 1.165) is 5.56 Å². The van der Waals surface area contributed by atoms with E-state index in [1.54, 1.807) is 24.3 Å². The molecule has 0 spiro atoms. The Hall–Kier alpha value is -2.34. The highest BCUT2D eigenvalue weighted by Crippen LogP contribution is 2.21. The van der Waals surface area contributed by atoms with Crippen LogP contribution in [-0.4, -0.2) is 14.6 Å². The molecule has 0 saturated heterocycles. The second-order valence-electron chi connectivity index (χ2n) is 3.63. The van der Waals surface area contributed by atoms with E-state index in [9.17, 15) is 4.79 Å². The third-order valence-corrected chi connectivity index (χ3v) is 2.62. The Morgan fingerprint density at radius 2 is 2.00 bits per heavy atom. The highest BCUT2D eigenvalue weighted by molar-refractivity contribution is 6.30. The van der Waals surface area contributed by atoms with E-state index in [2.05, 4.69) is 10.1 Å². The third kappa shape index (κ3) is 1.72. The minimum atomic E-state index is -0.466. The molecule has 90 valence electrons. The van der Waals surface area contributed by atoms with Gasteiger partial charge in [-0.05, 0) is 24.3 Å². The molecule has 18 heavy (non-hydrogen) atoms. The predicted molar refractivity (Wildman–Crippen MR) is 66.4 cm³/mol. The summed E-state index contributed by atoms with van der Waals surface area (Å²) in [6.45, 7) is 0. The van der Waals surface area contributed by atoms with Crippen molar-refractivity contribution in [2.24, 2.45) is 0 Å². The molecule has 0 aliphatic rings. The van der Waals surface area contributed by atoms with E-state index < -0.39 is 5.56 Å². The quantitative estimate of drug-likeness (QED) is 0.719. The number of halogens is 1. The van der Waals surface area contributed by atoms with Crippen molar-refractivity contribution in [1.82, 2.24) is 14.6 Å². The van der Waals surface area contributed by atoms with Gasteiger partial charge in [0.1, 0.15) is 5.82 Å². The number of nitrogens with zero attached hydrogens (tertiary/aromatic N) is 3. The van der Waals surface area contributed by atoms with Gasteiger partial charge in [-0.25, -0.2) is 0 Å². The maximum atomic E-state index is 11.2. The summed E-state index contributed by atoms with van der Waals surface area (Å²) in [5, 5.41) is 4.75. The Balaban J connectivity index is 2.22. The summed E-state index contributed by atoms with van der Waals surface area (Å²) < 4.78 is 6.64. The van der Waals surface area contributed by atoms with Gasteiger partial charge in [-0.1, -0.05) is 11.6 Å². The summed E-state index contributed by atoms with van der Waals surface area (Å²) in [7, 11) is 0. The van der Waals surface area contributed by atoms with Crippen molar-refractivity contribution in [1.29, 1.82) is 0 Å². The lowest BCUT2D eigenvalue weighted by Gasteiger charge is -1.93. The summed E-state index contributed by atoms with van der Waals surface area (Å²) in [5.74, 6) is 0.551. The van der Waals surface area contributed by atoms with Crippen molar-refractivity contribution in [3.8, 4) is 11.5 Å². The largest absolute Gasteiger partial charge is 0.403 e. The van der Waals surface area contributed by atoms with Crippen molar-refractivity contribution in [3.05, 3.63) is 45.7 Å². The predicted octanol–water partition coefficient (Wildman–Crippen LogP) is 1.59. The van der Waals surface area contributed by atoms with E-state index in [-0.39, 0.29) is 11.7 Å². The average molecular weight is 263 g/mol. The summed E-state index contributed by atoms with van der Waals surface area (Å²) in [5.41, 5.74) is 5.90. The molecule has 0 aliphatic carbocycles. The second kappa shape index (κ2) is 3.85. The molecule has 0 atom stereocenters. The maximum absolute atomic E-state index is 11.2. The van der Waals surface area contributed by atoms with E-state index in [4.69, 9.17) is 21.8 Å². The Labute approximate surface area is 106 Å². The highest BCUT2D eigenvalue weighted by atomic mass is 35.5. The third-order valence-electron chi connectivity index (χ3n) is 2.37. The van der Waals surface area contributed by atoms with Gasteiger partial charge in [0.2, 0.25) is 5.89 Å². The first kappa shape index (κ1) is 10.8. The minimum Gasteiger partial charge on any atom is -0.403 e. The SMILES string of the molecule is Nc1cc(=O)nc2oc(-c3ccc(Cl)cc3)nn12. The van der Waals surface area contributed by atoms with Crippen molar-refractivity contribution in [2.45, 2.75) is 0 Å². The van der Waals surface area contributed by atoms with Crippen LogP contribution in [-0.2, 0) is 0 Å². The molecule has 2 heterocycles. The number of hydrogen-bond acceptors (Lipinski definition) is 5. The van der Waals surface area contributed by atoms with Gasteiger partial charge in [-0.3, -0.25) is 4.79 Å². The van der Waals surface area contributed by atoms with Gasteiger partial charge in [0.05, 0.1) is 0 Å². The topological polar surface area (TPSA) is 86.4 Å². The number of nitrogens with two attached hydrogens (primary N) is 1. The van der Waals surface area contributed by atoms with Crippen molar-refractivity contribution >= 4 is 23.3 Å². The van der Waals surface area contributed by atoms with E-state index >= 15 is 0 Å². The lowest BCUT2D eigenvalue weighted by molar-refractivity contribution is 0.601. The molecule has 7 heteroatoms. The fourth-order valence-electron chi connectivity index (χ4n) is 1.55. The van der Waals surface area contributed by atoms with Crippen LogP contribution in [0.5, 0.6) is 0 Å². The molecule has 0 unspecified atom stereocenters. The molecule has 1 aromatic carbocycles. The molecule has 3 rings (SSSR count). The number of fused-ring (bicyclic) bond motifs is 1. The van der Waals surface area contributed by atoms with Gasteiger partial charge in [-0.2, -0.15) is 9.50 Å². The molecule has 2 aromatic heterocycles. The summed E-state index contributed by atoms with van der Waals surface area (Å²) in [4.78, 5) is 14.9. The van der Waals surface area contributed by atoms with Crippen LogP contribution in [0.15, 0.2) is 39.5 Å². The van der Waals surface area contributed by atoms with E-state index in [1.807, 2.05) is 0 Å². The first-order valence-corrected chi connectivity index (χ1v) is 5.43. The zero-order valence-corrected chi connectivity index (χ0v) is 9.76. The molecule has 3 aromatic rings. The van der Waals surface area contributed by atoms with Crippen LogP contribution in [0.4, 0.5) is 5.82 Å². The van der Waals surface area contributed by atoms with Crippen LogP contribution in [0.25, 0.3) is 17.3 Å². The molecular weight excluding hydrogens is 256 g/mol. The van der Waals surface area contributed by atoms with Crippen molar-refractivity contribution < 1.29 is 4.42 Å². The first-order valence-electron chi connectivity index (χ1n) is 5.06. The van der Waals surface area contributed by atoms with Crippen LogP contribution >= 0.6 is 11.6 Å². The number of rotatable bonds is 1. The van der Waals surface area contributed by atoms with Crippen LogP contribution in [0.3, 0.4) is 0 Å². The number of anilines is 1. The standard InChI is InChI=1S/C11H7ClN4O2/c12-7-3-1-6(2-4-7)10-15-16-8(13)5-9(17)14-11(16)18-10/h1-5H,13H2. The minimum absolute atomic E-state index is 0.0601. The van der Waals surface area contributed by atoms with E-state index in [1.165, 1.54) is 10.6 Å². The molecular formula is C11H7ClN4O2. The van der Waals surface area contributed by atoms with E-state index in [0.29, 0.717) is 10.9 Å². The van der Waals surface area contributed by atoms with Crippen LogP contribution in [0, 0.1) is 0 Å². The number of nitrogen functional groups attached to an aromatic ring is 1. The number of aromatic nitrogens is 3. The maximum Gasteiger partial charge on any atom is 0.330 e. The number of benzene rings is 1. The van der Waals surface area contributed by atoms with Crippen LogP contribution in [0.2, 0.25) is 5.02 Å². The number of hydrogen-bond donors (Lipinski definition) is 1. The fraction of sp³-hybridized carbons (Fsp3) is 0. The Morgan fingerprint density at radius 3 is 2.72 bits per heavy atom. The monoisotopic (exact) mass is 262 g/mol. The lowest BCUT2D eigenvalue weighted by atomic mass is 10.2. The van der Waals surface area contributed by atoms with Gasteiger partial charge >= 0.3 is 5.84 Å². The lowest BCUT2D eigenvalue weighted by Crippen LogP contribution is -2.10. The molecule has 6 nitrogen and oxygen atoms in total. The van der Waals surface area contributed by atoms with Gasteiger partial charge in [0, 0.05) is 16.7 Å². The smallest absolute Gasteiger partial charge is 0.330 e. The van der Waals surface area contributed by atoms with Gasteiger partial charge < -0.3 is 10.2 Å². The fourth-order valence-corrected chi connectivity index (χ4v) is 1.67.